The molecule has 1 aliphatic heterocycles. The lowest BCUT2D eigenvalue weighted by Gasteiger charge is -2.35. The molecule has 1 saturated heterocycles. The molecule has 1 atom stereocenters. The highest BCUT2D eigenvalue weighted by Crippen LogP contribution is 2.37. The maximum atomic E-state index is 11.7. The van der Waals surface area contributed by atoms with Gasteiger partial charge in [-0.1, -0.05) is 6.92 Å². The van der Waals surface area contributed by atoms with Gasteiger partial charge in [0, 0.05) is 6.54 Å². The Kier molecular flexibility index (Phi) is 3.62. The van der Waals surface area contributed by atoms with Crippen molar-refractivity contribution >= 4 is 11.8 Å². The SMILES string of the molecule is CCC1(C(=O)O)CCCN1c1nnc(C)c(C)c1C#N. The fourth-order valence-electron chi connectivity index (χ4n) is 2.85. The molecule has 0 spiro atoms. The minimum atomic E-state index is -0.970. The van der Waals surface area contributed by atoms with E-state index in [1.54, 1.807) is 11.8 Å². The Morgan fingerprint density at radius 2 is 2.20 bits per heavy atom. The van der Waals surface area contributed by atoms with Crippen LogP contribution in [0.2, 0.25) is 0 Å². The third-order valence-corrected chi connectivity index (χ3v) is 4.28. The maximum absolute atomic E-state index is 11.7. The van der Waals surface area contributed by atoms with Crippen LogP contribution in [0.3, 0.4) is 0 Å². The smallest absolute Gasteiger partial charge is 0.329 e. The van der Waals surface area contributed by atoms with Gasteiger partial charge < -0.3 is 10.0 Å². The molecule has 20 heavy (non-hydrogen) atoms. The summed E-state index contributed by atoms with van der Waals surface area (Å²) in [6, 6.07) is 2.15. The molecule has 2 heterocycles. The molecule has 0 aromatic carbocycles. The maximum Gasteiger partial charge on any atom is 0.329 e. The Bertz CT molecular complexity index is 594. The highest BCUT2D eigenvalue weighted by atomic mass is 16.4. The molecule has 0 bridgehead atoms. The molecule has 1 fully saturated rings. The van der Waals surface area contributed by atoms with Gasteiger partial charge in [0.15, 0.2) is 5.82 Å². The fraction of sp³-hybridized carbons (Fsp3) is 0.571. The summed E-state index contributed by atoms with van der Waals surface area (Å²) in [5.74, 6) is -0.459. The minimum Gasteiger partial charge on any atom is -0.479 e. The van der Waals surface area contributed by atoms with E-state index in [0.717, 1.165) is 12.0 Å². The summed E-state index contributed by atoms with van der Waals surface area (Å²) in [5, 5.41) is 27.1. The van der Waals surface area contributed by atoms with Crippen molar-refractivity contribution in [1.82, 2.24) is 10.2 Å². The summed E-state index contributed by atoms with van der Waals surface area (Å²) >= 11 is 0. The van der Waals surface area contributed by atoms with Crippen molar-refractivity contribution in [1.29, 1.82) is 5.26 Å². The van der Waals surface area contributed by atoms with Crippen molar-refractivity contribution in [3.63, 3.8) is 0 Å². The van der Waals surface area contributed by atoms with Crippen LogP contribution in [0.1, 0.15) is 43.0 Å². The summed E-state index contributed by atoms with van der Waals surface area (Å²) in [7, 11) is 0. The predicted molar refractivity (Wildman–Crippen MR) is 73.5 cm³/mol. The van der Waals surface area contributed by atoms with E-state index >= 15 is 0 Å². The third-order valence-electron chi connectivity index (χ3n) is 4.28. The lowest BCUT2D eigenvalue weighted by Crippen LogP contribution is -2.51. The topological polar surface area (TPSA) is 90.1 Å². The fourth-order valence-corrected chi connectivity index (χ4v) is 2.85. The molecule has 1 aromatic heterocycles. The zero-order valence-corrected chi connectivity index (χ0v) is 12.0. The second kappa shape index (κ2) is 5.08. The summed E-state index contributed by atoms with van der Waals surface area (Å²) in [4.78, 5) is 13.5. The van der Waals surface area contributed by atoms with Gasteiger partial charge in [-0.3, -0.25) is 0 Å². The van der Waals surface area contributed by atoms with Gasteiger partial charge in [0.2, 0.25) is 0 Å². The van der Waals surface area contributed by atoms with Crippen LogP contribution in [0.5, 0.6) is 0 Å². The standard InChI is InChI=1S/C14H18N4O2/c1-4-14(13(19)20)6-5-7-18(14)12-11(8-15)9(2)10(3)16-17-12/h4-7H2,1-3H3,(H,19,20). The summed E-state index contributed by atoms with van der Waals surface area (Å²) in [6.45, 7) is 6.05. The molecule has 0 saturated carbocycles. The van der Waals surface area contributed by atoms with Crippen LogP contribution in [-0.4, -0.2) is 33.4 Å². The molecule has 6 heteroatoms. The Morgan fingerprint density at radius 1 is 1.50 bits per heavy atom. The van der Waals surface area contributed by atoms with E-state index in [9.17, 15) is 15.2 Å². The van der Waals surface area contributed by atoms with Crippen LogP contribution < -0.4 is 4.90 Å². The predicted octanol–water partition coefficient (Wildman–Crippen LogP) is 1.80. The molecular weight excluding hydrogens is 256 g/mol. The summed E-state index contributed by atoms with van der Waals surface area (Å²) < 4.78 is 0. The first-order chi connectivity index (χ1) is 9.47. The van der Waals surface area contributed by atoms with Gasteiger partial charge in [-0.15, -0.1) is 5.10 Å². The highest BCUT2D eigenvalue weighted by molar-refractivity contribution is 5.84. The van der Waals surface area contributed by atoms with Crippen molar-refractivity contribution in [2.24, 2.45) is 0 Å². The Morgan fingerprint density at radius 3 is 2.75 bits per heavy atom. The van der Waals surface area contributed by atoms with Gasteiger partial charge >= 0.3 is 5.97 Å². The molecule has 1 unspecified atom stereocenters. The first kappa shape index (κ1) is 14.3. The number of aromatic nitrogens is 2. The van der Waals surface area contributed by atoms with Gasteiger partial charge in [0.1, 0.15) is 17.2 Å². The minimum absolute atomic E-state index is 0.400. The van der Waals surface area contributed by atoms with Crippen molar-refractivity contribution in [3.05, 3.63) is 16.8 Å². The number of anilines is 1. The molecule has 2 rings (SSSR count). The van der Waals surface area contributed by atoms with Gasteiger partial charge in [-0.2, -0.15) is 10.4 Å². The van der Waals surface area contributed by atoms with E-state index in [2.05, 4.69) is 16.3 Å². The molecule has 106 valence electrons. The molecule has 0 amide bonds. The Hall–Kier alpha value is -2.16. The largest absolute Gasteiger partial charge is 0.479 e. The summed E-state index contributed by atoms with van der Waals surface area (Å²) in [6.07, 6.45) is 1.82. The molecule has 0 radical (unpaired) electrons. The summed E-state index contributed by atoms with van der Waals surface area (Å²) in [5.41, 5.74) is 0.919. The zero-order valence-electron chi connectivity index (χ0n) is 12.0. The molecule has 6 nitrogen and oxygen atoms in total. The molecule has 1 aromatic rings. The highest BCUT2D eigenvalue weighted by Gasteiger charge is 2.47. The number of rotatable bonds is 3. The number of hydrogen-bond acceptors (Lipinski definition) is 5. The van der Waals surface area contributed by atoms with Gasteiger partial charge in [-0.25, -0.2) is 4.79 Å². The third kappa shape index (κ3) is 1.90. The Balaban J connectivity index is 2.60. The van der Waals surface area contributed by atoms with Crippen LogP contribution in [0.25, 0.3) is 0 Å². The molecular formula is C14H18N4O2. The van der Waals surface area contributed by atoms with E-state index in [1.807, 2.05) is 13.8 Å². The van der Waals surface area contributed by atoms with Crippen molar-refractivity contribution in [2.45, 2.75) is 45.6 Å². The van der Waals surface area contributed by atoms with Crippen molar-refractivity contribution < 1.29 is 9.90 Å². The molecule has 1 aliphatic rings. The second-order valence-corrected chi connectivity index (χ2v) is 5.17. The zero-order chi connectivity index (χ0) is 14.9. The van der Waals surface area contributed by atoms with Gasteiger partial charge in [-0.05, 0) is 38.7 Å². The lowest BCUT2D eigenvalue weighted by molar-refractivity contribution is -0.143. The van der Waals surface area contributed by atoms with E-state index < -0.39 is 11.5 Å². The van der Waals surface area contributed by atoms with Crippen LogP contribution in [0.4, 0.5) is 5.82 Å². The van der Waals surface area contributed by atoms with Crippen LogP contribution in [-0.2, 0) is 4.79 Å². The number of carbonyl (C=O) groups is 1. The van der Waals surface area contributed by atoms with E-state index in [4.69, 9.17) is 0 Å². The average molecular weight is 274 g/mol. The number of aliphatic carboxylic acids is 1. The van der Waals surface area contributed by atoms with Crippen LogP contribution >= 0.6 is 0 Å². The van der Waals surface area contributed by atoms with Crippen molar-refractivity contribution in [3.8, 4) is 6.07 Å². The van der Waals surface area contributed by atoms with E-state index in [-0.39, 0.29) is 0 Å². The van der Waals surface area contributed by atoms with E-state index in [0.29, 0.717) is 36.5 Å². The molecule has 1 N–H and O–H groups in total. The monoisotopic (exact) mass is 274 g/mol. The number of aryl methyl sites for hydroxylation is 1. The quantitative estimate of drug-likeness (QED) is 0.903. The van der Waals surface area contributed by atoms with Gasteiger partial charge in [0.25, 0.3) is 0 Å². The number of hydrogen-bond donors (Lipinski definition) is 1. The normalized spacial score (nSPS) is 21.8. The lowest BCUT2D eigenvalue weighted by atomic mass is 9.92. The van der Waals surface area contributed by atoms with Crippen LogP contribution in [0.15, 0.2) is 0 Å². The number of nitriles is 1. The van der Waals surface area contributed by atoms with E-state index in [1.165, 1.54) is 0 Å². The average Bonchev–Trinajstić information content (AvgIpc) is 2.86. The number of carboxylic acids is 1. The number of carboxylic acid groups (broad SMARTS) is 1. The van der Waals surface area contributed by atoms with Crippen molar-refractivity contribution in [2.75, 3.05) is 11.4 Å². The van der Waals surface area contributed by atoms with Gasteiger partial charge in [0.05, 0.1) is 5.69 Å². The molecule has 0 aliphatic carbocycles. The van der Waals surface area contributed by atoms with Crippen LogP contribution in [0, 0.1) is 25.2 Å². The Labute approximate surface area is 118 Å². The second-order valence-electron chi connectivity index (χ2n) is 5.17. The first-order valence-electron chi connectivity index (χ1n) is 6.73. The first-order valence-corrected chi connectivity index (χ1v) is 6.73. The number of nitrogens with zero attached hydrogens (tertiary/aromatic N) is 4.